The highest BCUT2D eigenvalue weighted by Gasteiger charge is 2.15. The topological polar surface area (TPSA) is 96.3 Å². The molecule has 106 valence electrons. The summed E-state index contributed by atoms with van der Waals surface area (Å²) in [5.74, 6) is -1.43. The number of urea groups is 1. The Bertz CT molecular complexity index is 430. The Hall–Kier alpha value is -2.05. The van der Waals surface area contributed by atoms with Gasteiger partial charge in [-0.1, -0.05) is 6.92 Å². The molecule has 0 aliphatic heterocycles. The van der Waals surface area contributed by atoms with E-state index in [-0.39, 0.29) is 12.6 Å². The van der Waals surface area contributed by atoms with Gasteiger partial charge in [0.1, 0.15) is 0 Å². The van der Waals surface area contributed by atoms with E-state index >= 15 is 0 Å². The first-order chi connectivity index (χ1) is 9.02. The SMILES string of the molecule is CCC(CNC(=O)NCCc1cnn(C)c1)C(=O)O. The van der Waals surface area contributed by atoms with Crippen LogP contribution in [0.3, 0.4) is 0 Å². The average molecular weight is 268 g/mol. The van der Waals surface area contributed by atoms with Crippen LogP contribution in [0.25, 0.3) is 0 Å². The molecule has 1 aromatic rings. The third kappa shape index (κ3) is 5.41. The number of carbonyl (C=O) groups is 2. The quantitative estimate of drug-likeness (QED) is 0.665. The van der Waals surface area contributed by atoms with E-state index in [0.29, 0.717) is 19.4 Å². The van der Waals surface area contributed by atoms with Crippen molar-refractivity contribution in [3.05, 3.63) is 18.0 Å². The highest BCUT2D eigenvalue weighted by molar-refractivity contribution is 5.75. The van der Waals surface area contributed by atoms with Crippen molar-refractivity contribution in [3.8, 4) is 0 Å². The minimum Gasteiger partial charge on any atom is -0.481 e. The lowest BCUT2D eigenvalue weighted by atomic mass is 10.1. The van der Waals surface area contributed by atoms with Crippen LogP contribution in [-0.4, -0.2) is 40.0 Å². The van der Waals surface area contributed by atoms with Crippen LogP contribution < -0.4 is 10.6 Å². The van der Waals surface area contributed by atoms with Crippen molar-refractivity contribution in [2.45, 2.75) is 19.8 Å². The summed E-state index contributed by atoms with van der Waals surface area (Å²) in [4.78, 5) is 22.2. The molecule has 7 nitrogen and oxygen atoms in total. The number of carboxylic acids is 1. The molecule has 2 amide bonds. The highest BCUT2D eigenvalue weighted by atomic mass is 16.4. The molecule has 3 N–H and O–H groups in total. The molecular formula is C12H20N4O3. The fourth-order valence-corrected chi connectivity index (χ4v) is 1.61. The minimum absolute atomic E-state index is 0.143. The Kier molecular flexibility index (Phi) is 5.84. The zero-order valence-electron chi connectivity index (χ0n) is 11.2. The summed E-state index contributed by atoms with van der Waals surface area (Å²) in [7, 11) is 1.83. The summed E-state index contributed by atoms with van der Waals surface area (Å²) >= 11 is 0. The number of carboxylic acid groups (broad SMARTS) is 1. The predicted molar refractivity (Wildman–Crippen MR) is 69.7 cm³/mol. The van der Waals surface area contributed by atoms with Crippen molar-refractivity contribution in [2.75, 3.05) is 13.1 Å². The van der Waals surface area contributed by atoms with Gasteiger partial charge in [-0.25, -0.2) is 4.79 Å². The number of aliphatic carboxylic acids is 1. The van der Waals surface area contributed by atoms with Gasteiger partial charge in [0.05, 0.1) is 12.1 Å². The molecule has 0 aromatic carbocycles. The molecule has 7 heteroatoms. The Morgan fingerprint density at radius 3 is 2.74 bits per heavy atom. The van der Waals surface area contributed by atoms with Gasteiger partial charge >= 0.3 is 12.0 Å². The summed E-state index contributed by atoms with van der Waals surface area (Å²) in [5.41, 5.74) is 1.04. The second-order valence-corrected chi connectivity index (χ2v) is 4.35. The molecule has 0 saturated carbocycles. The molecule has 0 spiro atoms. The third-order valence-electron chi connectivity index (χ3n) is 2.81. The maximum atomic E-state index is 11.4. The van der Waals surface area contributed by atoms with Crippen molar-refractivity contribution in [2.24, 2.45) is 13.0 Å². The standard InChI is InChI=1S/C12H20N4O3/c1-3-10(11(17)18)7-14-12(19)13-5-4-9-6-15-16(2)8-9/h6,8,10H,3-5,7H2,1-2H3,(H,17,18)(H2,13,14,19). The van der Waals surface area contributed by atoms with E-state index in [1.807, 2.05) is 13.2 Å². The Labute approximate surface area is 112 Å². The maximum Gasteiger partial charge on any atom is 0.314 e. The van der Waals surface area contributed by atoms with Crippen LogP contribution >= 0.6 is 0 Å². The fraction of sp³-hybridized carbons (Fsp3) is 0.583. The van der Waals surface area contributed by atoms with Crippen LogP contribution in [0.1, 0.15) is 18.9 Å². The van der Waals surface area contributed by atoms with Gasteiger partial charge in [-0.3, -0.25) is 9.48 Å². The van der Waals surface area contributed by atoms with Crippen LogP contribution in [0.5, 0.6) is 0 Å². The predicted octanol–water partition coefficient (Wildman–Crippen LogP) is 0.373. The van der Waals surface area contributed by atoms with Gasteiger partial charge in [0.25, 0.3) is 0 Å². The van der Waals surface area contributed by atoms with E-state index in [1.54, 1.807) is 17.8 Å². The van der Waals surface area contributed by atoms with Crippen LogP contribution in [0.4, 0.5) is 4.79 Å². The van der Waals surface area contributed by atoms with Crippen molar-refractivity contribution in [1.82, 2.24) is 20.4 Å². The Morgan fingerprint density at radius 2 is 2.21 bits per heavy atom. The van der Waals surface area contributed by atoms with Crippen LogP contribution in [0.15, 0.2) is 12.4 Å². The first-order valence-electron chi connectivity index (χ1n) is 6.25. The summed E-state index contributed by atoms with van der Waals surface area (Å²) in [5, 5.41) is 18.1. The van der Waals surface area contributed by atoms with Gasteiger partial charge in [-0.05, 0) is 18.4 Å². The largest absolute Gasteiger partial charge is 0.481 e. The second-order valence-electron chi connectivity index (χ2n) is 4.35. The Balaban J connectivity index is 2.19. The number of hydrogen-bond donors (Lipinski definition) is 3. The van der Waals surface area contributed by atoms with Crippen LogP contribution in [0, 0.1) is 5.92 Å². The first-order valence-corrected chi connectivity index (χ1v) is 6.25. The van der Waals surface area contributed by atoms with E-state index in [2.05, 4.69) is 15.7 Å². The Morgan fingerprint density at radius 1 is 1.47 bits per heavy atom. The van der Waals surface area contributed by atoms with Crippen molar-refractivity contribution in [3.63, 3.8) is 0 Å². The smallest absolute Gasteiger partial charge is 0.314 e. The van der Waals surface area contributed by atoms with Crippen LogP contribution in [0.2, 0.25) is 0 Å². The summed E-state index contributed by atoms with van der Waals surface area (Å²) in [6.45, 7) is 2.41. The second kappa shape index (κ2) is 7.40. The number of nitrogens with one attached hydrogen (secondary N) is 2. The van der Waals surface area contributed by atoms with Gasteiger partial charge in [0.2, 0.25) is 0 Å². The van der Waals surface area contributed by atoms with Gasteiger partial charge < -0.3 is 15.7 Å². The van der Waals surface area contributed by atoms with Gasteiger partial charge in [-0.15, -0.1) is 0 Å². The van der Waals surface area contributed by atoms with Crippen LogP contribution in [-0.2, 0) is 18.3 Å². The third-order valence-corrected chi connectivity index (χ3v) is 2.81. The number of nitrogens with zero attached hydrogens (tertiary/aromatic N) is 2. The molecule has 0 saturated heterocycles. The van der Waals surface area contributed by atoms with Crippen molar-refractivity contribution < 1.29 is 14.7 Å². The number of rotatable bonds is 7. The molecule has 1 rings (SSSR count). The lowest BCUT2D eigenvalue weighted by Gasteiger charge is -2.11. The molecule has 1 heterocycles. The van der Waals surface area contributed by atoms with Crippen molar-refractivity contribution in [1.29, 1.82) is 0 Å². The fourth-order valence-electron chi connectivity index (χ4n) is 1.61. The molecule has 1 unspecified atom stereocenters. The normalized spacial score (nSPS) is 11.9. The van der Waals surface area contributed by atoms with E-state index in [0.717, 1.165) is 5.56 Å². The molecule has 0 aliphatic rings. The van der Waals surface area contributed by atoms with E-state index < -0.39 is 11.9 Å². The lowest BCUT2D eigenvalue weighted by molar-refractivity contribution is -0.141. The highest BCUT2D eigenvalue weighted by Crippen LogP contribution is 2.00. The van der Waals surface area contributed by atoms with Gasteiger partial charge in [0.15, 0.2) is 0 Å². The van der Waals surface area contributed by atoms with E-state index in [4.69, 9.17) is 5.11 Å². The molecule has 0 aliphatic carbocycles. The molecule has 0 fully saturated rings. The average Bonchev–Trinajstić information content (AvgIpc) is 2.75. The number of amides is 2. The first kappa shape index (κ1) is 15.0. The lowest BCUT2D eigenvalue weighted by Crippen LogP contribution is -2.40. The number of aromatic nitrogens is 2. The molecule has 19 heavy (non-hydrogen) atoms. The summed E-state index contributed by atoms with van der Waals surface area (Å²) in [6, 6.07) is -0.344. The van der Waals surface area contributed by atoms with Crippen molar-refractivity contribution >= 4 is 12.0 Å². The molecule has 1 atom stereocenters. The monoisotopic (exact) mass is 268 g/mol. The zero-order valence-corrected chi connectivity index (χ0v) is 11.2. The number of aryl methyl sites for hydroxylation is 1. The van der Waals surface area contributed by atoms with E-state index in [1.165, 1.54) is 0 Å². The minimum atomic E-state index is -0.891. The van der Waals surface area contributed by atoms with E-state index in [9.17, 15) is 9.59 Å². The maximum absolute atomic E-state index is 11.4. The van der Waals surface area contributed by atoms with Gasteiger partial charge in [0, 0.05) is 26.3 Å². The number of carbonyl (C=O) groups excluding carboxylic acids is 1. The van der Waals surface area contributed by atoms with Gasteiger partial charge in [-0.2, -0.15) is 5.10 Å². The summed E-state index contributed by atoms with van der Waals surface area (Å²) in [6.07, 6.45) is 4.82. The molecule has 1 aromatic heterocycles. The summed E-state index contributed by atoms with van der Waals surface area (Å²) < 4.78 is 1.70. The molecular weight excluding hydrogens is 248 g/mol. The molecule has 0 bridgehead atoms. The number of hydrogen-bond acceptors (Lipinski definition) is 3. The molecule has 0 radical (unpaired) electrons. The zero-order chi connectivity index (χ0) is 14.3.